The highest BCUT2D eigenvalue weighted by Gasteiger charge is 2.12. The minimum Gasteiger partial charge on any atom is -0.360 e. The Balaban J connectivity index is 3.06. The van der Waals surface area contributed by atoms with Gasteiger partial charge in [0.2, 0.25) is 11.4 Å². The molecule has 0 radical (unpaired) electrons. The Bertz CT molecular complexity index is 696. The zero-order valence-corrected chi connectivity index (χ0v) is 16.7. The van der Waals surface area contributed by atoms with Crippen molar-refractivity contribution in [3.8, 4) is 6.19 Å². The molecule has 0 aliphatic carbocycles. The van der Waals surface area contributed by atoms with Crippen LogP contribution in [0.15, 0.2) is 16.2 Å². The second-order valence-corrected chi connectivity index (χ2v) is 6.82. The molecule has 0 saturated carbocycles. The highest BCUT2D eigenvalue weighted by Crippen LogP contribution is 2.23. The lowest BCUT2D eigenvalue weighted by Crippen LogP contribution is -2.23. The molecular formula is C17H22N6S2. The number of hydrogen-bond acceptors (Lipinski definition) is 5. The van der Waals surface area contributed by atoms with Gasteiger partial charge in [-0.3, -0.25) is 0 Å². The summed E-state index contributed by atoms with van der Waals surface area (Å²) in [5.74, 6) is 0. The molecule has 25 heavy (non-hydrogen) atoms. The van der Waals surface area contributed by atoms with E-state index in [0.29, 0.717) is 23.4 Å². The molecule has 1 rings (SSSR count). The average molecular weight is 375 g/mol. The minimum atomic E-state index is 0.607. The normalized spacial score (nSPS) is 11.6. The van der Waals surface area contributed by atoms with E-state index in [4.69, 9.17) is 11.8 Å². The summed E-state index contributed by atoms with van der Waals surface area (Å²) in [7, 11) is 0. The number of hydrogen-bond donors (Lipinski definition) is 2. The molecule has 0 spiro atoms. The van der Waals surface area contributed by atoms with Crippen molar-refractivity contribution >= 4 is 33.9 Å². The average Bonchev–Trinajstić information content (AvgIpc) is 2.59. The van der Waals surface area contributed by atoms with Crippen LogP contribution in [0.4, 0.5) is 0 Å². The van der Waals surface area contributed by atoms with Gasteiger partial charge >= 0.3 is 0 Å². The summed E-state index contributed by atoms with van der Waals surface area (Å²) in [5.41, 5.74) is 5.97. The Hall–Kier alpha value is -2.16. The molecule has 0 aliphatic rings. The van der Waals surface area contributed by atoms with Gasteiger partial charge in [0.25, 0.3) is 0 Å². The first kappa shape index (κ1) is 20.9. The second-order valence-electron chi connectivity index (χ2n) is 5.23. The van der Waals surface area contributed by atoms with E-state index >= 15 is 0 Å². The molecule has 0 fully saturated rings. The molecule has 0 saturated heterocycles. The fourth-order valence-corrected chi connectivity index (χ4v) is 3.23. The zero-order valence-electron chi connectivity index (χ0n) is 15.1. The van der Waals surface area contributed by atoms with Gasteiger partial charge in [-0.2, -0.15) is 11.8 Å². The van der Waals surface area contributed by atoms with Crippen LogP contribution in [0.25, 0.3) is 4.95 Å². The Labute approximate surface area is 158 Å². The van der Waals surface area contributed by atoms with Gasteiger partial charge in [-0.25, -0.2) is 0 Å². The van der Waals surface area contributed by atoms with E-state index in [1.54, 1.807) is 0 Å². The van der Waals surface area contributed by atoms with E-state index in [0.717, 1.165) is 0 Å². The lowest BCUT2D eigenvalue weighted by Gasteiger charge is -2.18. The Morgan fingerprint density at radius 2 is 1.64 bits per heavy atom. The molecule has 0 bridgehead atoms. The topological polar surface area (TPSA) is 76.9 Å². The van der Waals surface area contributed by atoms with E-state index in [1.807, 2.05) is 18.7 Å². The van der Waals surface area contributed by atoms with Crippen molar-refractivity contribution in [1.29, 1.82) is 5.26 Å². The van der Waals surface area contributed by atoms with Crippen LogP contribution < -0.4 is 10.6 Å². The van der Waals surface area contributed by atoms with Gasteiger partial charge in [0.15, 0.2) is 5.17 Å². The summed E-state index contributed by atoms with van der Waals surface area (Å²) in [4.78, 5) is 6.84. The first-order chi connectivity index (χ1) is 12.0. The van der Waals surface area contributed by atoms with Gasteiger partial charge in [-0.1, -0.05) is 29.6 Å². The monoisotopic (exact) mass is 374 g/mol. The van der Waals surface area contributed by atoms with Crippen molar-refractivity contribution in [3.05, 3.63) is 45.4 Å². The van der Waals surface area contributed by atoms with Crippen LogP contribution in [-0.2, 0) is 13.1 Å². The minimum absolute atomic E-state index is 0.607. The standard InChI is InChI=1S/C17H22N6S2/c1-11-7-12(2)15(9-21-17(25-6)23-19-4)13(3)14(11)8-20-16(24-5)22-10-18/h7H,8-9H2,1-3,5-6H3,(H,20,22)(H,21,23). The molecule has 8 heteroatoms. The van der Waals surface area contributed by atoms with Gasteiger partial charge < -0.3 is 10.6 Å². The van der Waals surface area contributed by atoms with Gasteiger partial charge in [0, 0.05) is 13.1 Å². The predicted octanol–water partition coefficient (Wildman–Crippen LogP) is 3.54. The molecule has 2 N–H and O–H groups in total. The highest BCUT2D eigenvalue weighted by molar-refractivity contribution is 8.13. The fourth-order valence-electron chi connectivity index (χ4n) is 2.54. The molecule has 6 nitrogen and oxygen atoms in total. The predicted molar refractivity (Wildman–Crippen MR) is 108 cm³/mol. The lowest BCUT2D eigenvalue weighted by molar-refractivity contribution is 0.865. The third-order valence-electron chi connectivity index (χ3n) is 3.80. The number of amidine groups is 2. The van der Waals surface area contributed by atoms with Crippen molar-refractivity contribution in [2.75, 3.05) is 12.5 Å². The molecule has 0 unspecified atom stereocenters. The van der Waals surface area contributed by atoms with Crippen LogP contribution in [0.2, 0.25) is 0 Å². The third-order valence-corrected chi connectivity index (χ3v) is 5.04. The van der Waals surface area contributed by atoms with Crippen molar-refractivity contribution in [2.45, 2.75) is 33.9 Å². The maximum atomic E-state index is 8.71. The van der Waals surface area contributed by atoms with E-state index < -0.39 is 0 Å². The van der Waals surface area contributed by atoms with Crippen LogP contribution >= 0.6 is 23.5 Å². The quantitative estimate of drug-likeness (QED) is 0.277. The lowest BCUT2D eigenvalue weighted by atomic mass is 9.93. The van der Waals surface area contributed by atoms with E-state index in [1.165, 1.54) is 51.3 Å². The number of rotatable bonds is 4. The number of nitriles is 1. The second kappa shape index (κ2) is 10.7. The maximum absolute atomic E-state index is 8.71. The van der Waals surface area contributed by atoms with Crippen LogP contribution in [0, 0.1) is 38.8 Å². The molecule has 1 aromatic rings. The first-order valence-corrected chi connectivity index (χ1v) is 9.98. The molecule has 0 heterocycles. The van der Waals surface area contributed by atoms with Crippen molar-refractivity contribution < 1.29 is 0 Å². The fraction of sp³-hybridized carbons (Fsp3) is 0.412. The molecule has 0 aromatic heterocycles. The van der Waals surface area contributed by atoms with E-state index in [2.05, 4.69) is 52.5 Å². The molecule has 0 aliphatic heterocycles. The Kier molecular flexibility index (Phi) is 8.90. The van der Waals surface area contributed by atoms with Gasteiger partial charge in [-0.15, -0.1) is 9.95 Å². The number of thioether (sulfide) groups is 2. The van der Waals surface area contributed by atoms with Gasteiger partial charge in [0.05, 0.1) is 0 Å². The number of nitrogens with zero attached hydrogens (tertiary/aromatic N) is 4. The smallest absolute Gasteiger partial charge is 0.244 e. The van der Waals surface area contributed by atoms with Crippen molar-refractivity contribution in [3.63, 3.8) is 0 Å². The number of aliphatic imine (C=N–C) groups is 1. The van der Waals surface area contributed by atoms with E-state index in [-0.39, 0.29) is 0 Å². The molecule has 0 atom stereocenters. The largest absolute Gasteiger partial charge is 0.360 e. The summed E-state index contributed by atoms with van der Waals surface area (Å²) < 4.78 is 0. The molecule has 1 aromatic carbocycles. The van der Waals surface area contributed by atoms with Gasteiger partial charge in [0.1, 0.15) is 5.10 Å². The summed E-state index contributed by atoms with van der Waals surface area (Å²) in [6.07, 6.45) is 5.58. The third kappa shape index (κ3) is 6.00. The van der Waals surface area contributed by atoms with Crippen LogP contribution in [0.5, 0.6) is 0 Å². The summed E-state index contributed by atoms with van der Waals surface area (Å²) in [6.45, 7) is 14.3. The molecule has 0 amide bonds. The van der Waals surface area contributed by atoms with Crippen molar-refractivity contribution in [1.82, 2.24) is 10.6 Å². The number of benzene rings is 1. The maximum Gasteiger partial charge on any atom is 0.244 e. The zero-order chi connectivity index (χ0) is 18.8. The molecular weight excluding hydrogens is 352 g/mol. The Morgan fingerprint density at radius 1 is 1.12 bits per heavy atom. The van der Waals surface area contributed by atoms with Crippen molar-refractivity contribution in [2.24, 2.45) is 10.1 Å². The number of aryl methyl sites for hydroxylation is 2. The SMILES string of the molecule is [C-]#[N+]N=C(NCc1c(C)cc(C)c(CNC(=NC#N)SC)c1C)SC. The number of nitrogens with one attached hydrogen (secondary N) is 2. The highest BCUT2D eigenvalue weighted by atomic mass is 32.2. The summed E-state index contributed by atoms with van der Waals surface area (Å²) in [5, 5.41) is 20.1. The van der Waals surface area contributed by atoms with Crippen LogP contribution in [-0.4, -0.2) is 22.8 Å². The van der Waals surface area contributed by atoms with Gasteiger partial charge in [-0.05, 0) is 61.1 Å². The van der Waals surface area contributed by atoms with Crippen LogP contribution in [0.3, 0.4) is 0 Å². The molecule has 132 valence electrons. The van der Waals surface area contributed by atoms with Crippen LogP contribution in [0.1, 0.15) is 27.8 Å². The van der Waals surface area contributed by atoms with E-state index in [9.17, 15) is 0 Å². The first-order valence-electron chi connectivity index (χ1n) is 7.53. The Morgan fingerprint density at radius 3 is 2.08 bits per heavy atom. The summed E-state index contributed by atoms with van der Waals surface area (Å²) >= 11 is 2.83. The summed E-state index contributed by atoms with van der Waals surface area (Å²) in [6, 6.07) is 2.16.